The summed E-state index contributed by atoms with van der Waals surface area (Å²) in [6.07, 6.45) is 1.80. The lowest BCUT2D eigenvalue weighted by Crippen LogP contribution is -2.64. The summed E-state index contributed by atoms with van der Waals surface area (Å²) in [6.45, 7) is 14.6. The molecule has 130 valence electrons. The van der Waals surface area contributed by atoms with Gasteiger partial charge in [0.15, 0.2) is 0 Å². The molecule has 0 aliphatic heterocycles. The Hall–Kier alpha value is -0.810. The van der Waals surface area contributed by atoms with E-state index in [1.165, 1.54) is 0 Å². The fraction of sp³-hybridized carbons (Fsp3) is 0.941. The first-order valence-corrected chi connectivity index (χ1v) is 8.38. The molecule has 1 rings (SSSR count). The maximum absolute atomic E-state index is 12.1. The van der Waals surface area contributed by atoms with Gasteiger partial charge in [-0.15, -0.1) is 0 Å². The Bertz CT molecular complexity index is 384. The zero-order chi connectivity index (χ0) is 17.2. The standard InChI is InChI=1S/C17H34N2O3/c1-8-17(9-2,19-14(21)22-15(3,4)5)11-18-12-10-13(20)16(12,6)7/h12-13,18,20H,8-11H2,1-7H3,(H,19,21). The number of ether oxygens (including phenoxy) is 1. The lowest BCUT2D eigenvalue weighted by Gasteiger charge is -2.51. The van der Waals surface area contributed by atoms with Crippen molar-refractivity contribution in [1.82, 2.24) is 10.6 Å². The fourth-order valence-electron chi connectivity index (χ4n) is 2.81. The third-order valence-corrected chi connectivity index (χ3v) is 5.02. The van der Waals surface area contributed by atoms with Gasteiger partial charge in [-0.05, 0) is 40.0 Å². The van der Waals surface area contributed by atoms with Crippen LogP contribution in [0.15, 0.2) is 0 Å². The number of carbonyl (C=O) groups excluding carboxylic acids is 1. The van der Waals surface area contributed by atoms with Crippen LogP contribution in [-0.2, 0) is 4.74 Å². The van der Waals surface area contributed by atoms with E-state index in [2.05, 4.69) is 38.3 Å². The Balaban J connectivity index is 2.62. The van der Waals surface area contributed by atoms with E-state index in [1.54, 1.807) is 0 Å². The van der Waals surface area contributed by atoms with Gasteiger partial charge in [-0.1, -0.05) is 27.7 Å². The number of amides is 1. The van der Waals surface area contributed by atoms with Crippen LogP contribution in [0.4, 0.5) is 4.79 Å². The van der Waals surface area contributed by atoms with Crippen molar-refractivity contribution in [3.63, 3.8) is 0 Å². The number of aliphatic hydroxyl groups is 1. The Morgan fingerprint density at radius 1 is 1.27 bits per heavy atom. The second-order valence-corrected chi connectivity index (χ2v) is 8.12. The highest BCUT2D eigenvalue weighted by Crippen LogP contribution is 2.40. The molecule has 1 aliphatic carbocycles. The second-order valence-electron chi connectivity index (χ2n) is 8.12. The van der Waals surface area contributed by atoms with Gasteiger partial charge < -0.3 is 20.5 Å². The molecule has 0 spiro atoms. The molecular weight excluding hydrogens is 280 g/mol. The van der Waals surface area contributed by atoms with Crippen molar-refractivity contribution >= 4 is 6.09 Å². The van der Waals surface area contributed by atoms with Gasteiger partial charge in [-0.3, -0.25) is 0 Å². The molecule has 0 heterocycles. The van der Waals surface area contributed by atoms with E-state index in [4.69, 9.17) is 4.74 Å². The van der Waals surface area contributed by atoms with E-state index >= 15 is 0 Å². The van der Waals surface area contributed by atoms with Gasteiger partial charge >= 0.3 is 6.09 Å². The molecule has 0 bridgehead atoms. The minimum absolute atomic E-state index is 0.112. The molecule has 1 amide bonds. The van der Waals surface area contributed by atoms with Crippen LogP contribution in [0.2, 0.25) is 0 Å². The predicted molar refractivity (Wildman–Crippen MR) is 88.9 cm³/mol. The molecule has 0 radical (unpaired) electrons. The average molecular weight is 314 g/mol. The quantitative estimate of drug-likeness (QED) is 0.705. The van der Waals surface area contributed by atoms with E-state index in [0.29, 0.717) is 6.54 Å². The summed E-state index contributed by atoms with van der Waals surface area (Å²) in [5.41, 5.74) is -0.928. The maximum Gasteiger partial charge on any atom is 0.408 e. The molecule has 0 aromatic carbocycles. The summed E-state index contributed by atoms with van der Waals surface area (Å²) in [5.74, 6) is 0. The van der Waals surface area contributed by atoms with Gasteiger partial charge in [0.25, 0.3) is 0 Å². The first-order valence-electron chi connectivity index (χ1n) is 8.38. The first-order chi connectivity index (χ1) is 9.96. The highest BCUT2D eigenvalue weighted by atomic mass is 16.6. The molecule has 5 heteroatoms. The summed E-state index contributed by atoms with van der Waals surface area (Å²) in [5, 5.41) is 16.4. The Kier molecular flexibility index (Phi) is 5.90. The number of nitrogens with one attached hydrogen (secondary N) is 2. The first kappa shape index (κ1) is 19.2. The minimum Gasteiger partial charge on any atom is -0.444 e. The van der Waals surface area contributed by atoms with E-state index < -0.39 is 5.60 Å². The van der Waals surface area contributed by atoms with E-state index in [9.17, 15) is 9.90 Å². The number of hydrogen-bond donors (Lipinski definition) is 3. The van der Waals surface area contributed by atoms with Gasteiger partial charge in [0, 0.05) is 18.0 Å². The van der Waals surface area contributed by atoms with Gasteiger partial charge in [-0.25, -0.2) is 4.79 Å². The lowest BCUT2D eigenvalue weighted by atomic mass is 9.64. The number of carbonyl (C=O) groups is 1. The summed E-state index contributed by atoms with van der Waals surface area (Å²) in [6, 6.07) is 0.278. The molecule has 5 nitrogen and oxygen atoms in total. The maximum atomic E-state index is 12.1. The fourth-order valence-corrected chi connectivity index (χ4v) is 2.81. The monoisotopic (exact) mass is 314 g/mol. The molecule has 1 fully saturated rings. The van der Waals surface area contributed by atoms with Crippen LogP contribution in [0.25, 0.3) is 0 Å². The van der Waals surface area contributed by atoms with Crippen LogP contribution >= 0.6 is 0 Å². The van der Waals surface area contributed by atoms with Gasteiger partial charge in [-0.2, -0.15) is 0 Å². The van der Waals surface area contributed by atoms with Crippen molar-refractivity contribution in [3.05, 3.63) is 0 Å². The molecule has 2 unspecified atom stereocenters. The third-order valence-electron chi connectivity index (χ3n) is 5.02. The van der Waals surface area contributed by atoms with Crippen LogP contribution in [0.1, 0.15) is 67.7 Å². The van der Waals surface area contributed by atoms with E-state index in [1.807, 2.05) is 20.8 Å². The summed E-state index contributed by atoms with van der Waals surface area (Å²) in [7, 11) is 0. The normalized spacial score (nSPS) is 24.5. The van der Waals surface area contributed by atoms with Crippen LogP contribution in [0, 0.1) is 5.41 Å². The largest absolute Gasteiger partial charge is 0.444 e. The number of hydrogen-bond acceptors (Lipinski definition) is 4. The van der Waals surface area contributed by atoms with Crippen LogP contribution < -0.4 is 10.6 Å². The van der Waals surface area contributed by atoms with Crippen molar-refractivity contribution in [2.24, 2.45) is 5.41 Å². The second kappa shape index (κ2) is 6.75. The molecule has 0 aromatic rings. The SMILES string of the molecule is CCC(CC)(CNC1CC(O)C1(C)C)NC(=O)OC(C)(C)C. The van der Waals surface area contributed by atoms with Crippen LogP contribution in [0.3, 0.4) is 0 Å². The highest BCUT2D eigenvalue weighted by Gasteiger charge is 2.47. The summed E-state index contributed by atoms with van der Waals surface area (Å²) < 4.78 is 5.38. The van der Waals surface area contributed by atoms with Gasteiger partial charge in [0.05, 0.1) is 11.6 Å². The van der Waals surface area contributed by atoms with Crippen LogP contribution in [0.5, 0.6) is 0 Å². The zero-order valence-electron chi connectivity index (χ0n) is 15.2. The van der Waals surface area contributed by atoms with Gasteiger partial charge in [0.2, 0.25) is 0 Å². The molecule has 3 N–H and O–H groups in total. The third kappa shape index (κ3) is 4.59. The molecular formula is C17H34N2O3. The molecule has 1 saturated carbocycles. The van der Waals surface area contributed by atoms with Crippen molar-refractivity contribution in [2.45, 2.75) is 91.0 Å². The topological polar surface area (TPSA) is 70.6 Å². The van der Waals surface area contributed by atoms with Crippen LogP contribution in [-0.4, -0.2) is 41.0 Å². The van der Waals surface area contributed by atoms with Crippen molar-refractivity contribution in [2.75, 3.05) is 6.54 Å². The molecule has 0 aromatic heterocycles. The number of rotatable bonds is 6. The molecule has 2 atom stereocenters. The number of alkyl carbamates (subject to hydrolysis) is 1. The number of aliphatic hydroxyl groups excluding tert-OH is 1. The smallest absolute Gasteiger partial charge is 0.408 e. The summed E-state index contributed by atoms with van der Waals surface area (Å²) >= 11 is 0. The van der Waals surface area contributed by atoms with Crippen molar-refractivity contribution in [3.8, 4) is 0 Å². The molecule has 1 aliphatic rings. The lowest BCUT2D eigenvalue weighted by molar-refractivity contribution is -0.0743. The highest BCUT2D eigenvalue weighted by molar-refractivity contribution is 5.68. The summed E-state index contributed by atoms with van der Waals surface area (Å²) in [4.78, 5) is 12.1. The Morgan fingerprint density at radius 3 is 2.18 bits per heavy atom. The zero-order valence-corrected chi connectivity index (χ0v) is 15.2. The van der Waals surface area contributed by atoms with Gasteiger partial charge in [0.1, 0.15) is 5.60 Å². The average Bonchev–Trinajstić information content (AvgIpc) is 2.39. The molecule has 22 heavy (non-hydrogen) atoms. The van der Waals surface area contributed by atoms with Crippen molar-refractivity contribution in [1.29, 1.82) is 0 Å². The van der Waals surface area contributed by atoms with E-state index in [0.717, 1.165) is 19.3 Å². The minimum atomic E-state index is -0.495. The molecule has 0 saturated heterocycles. The Labute approximate surface area is 135 Å². The predicted octanol–water partition coefficient (Wildman–Crippen LogP) is 2.82. The Morgan fingerprint density at radius 2 is 1.82 bits per heavy atom. The van der Waals surface area contributed by atoms with Crippen molar-refractivity contribution < 1.29 is 14.6 Å². The van der Waals surface area contributed by atoms with E-state index in [-0.39, 0.29) is 29.2 Å².